The SMILES string of the molecule is Cn1cnn(CC(=O)NCc2ccco2)c1=O. The highest BCUT2D eigenvalue weighted by Gasteiger charge is 2.07. The quantitative estimate of drug-likeness (QED) is 0.775. The Hall–Kier alpha value is -2.31. The summed E-state index contributed by atoms with van der Waals surface area (Å²) in [5.41, 5.74) is -0.321. The van der Waals surface area contributed by atoms with Crippen molar-refractivity contribution in [2.45, 2.75) is 13.1 Å². The van der Waals surface area contributed by atoms with Gasteiger partial charge in [0.2, 0.25) is 5.91 Å². The van der Waals surface area contributed by atoms with Crippen LogP contribution in [0, 0.1) is 0 Å². The van der Waals surface area contributed by atoms with Crippen LogP contribution in [0.15, 0.2) is 33.9 Å². The summed E-state index contributed by atoms with van der Waals surface area (Å²) in [7, 11) is 1.58. The fourth-order valence-corrected chi connectivity index (χ4v) is 1.32. The summed E-state index contributed by atoms with van der Waals surface area (Å²) in [6, 6.07) is 3.50. The van der Waals surface area contributed by atoms with Crippen LogP contribution in [-0.4, -0.2) is 20.3 Å². The topological polar surface area (TPSA) is 82.1 Å². The van der Waals surface area contributed by atoms with E-state index in [4.69, 9.17) is 4.42 Å². The van der Waals surface area contributed by atoms with Crippen molar-refractivity contribution in [3.8, 4) is 0 Å². The molecular weight excluding hydrogens is 224 g/mol. The fraction of sp³-hybridized carbons (Fsp3) is 0.300. The molecule has 0 saturated heterocycles. The van der Waals surface area contributed by atoms with Gasteiger partial charge in [-0.3, -0.25) is 9.36 Å². The molecule has 17 heavy (non-hydrogen) atoms. The summed E-state index contributed by atoms with van der Waals surface area (Å²) >= 11 is 0. The highest BCUT2D eigenvalue weighted by atomic mass is 16.3. The first-order valence-electron chi connectivity index (χ1n) is 5.04. The standard InChI is InChI=1S/C10H12N4O3/c1-13-7-12-14(10(13)16)6-9(15)11-5-8-3-2-4-17-8/h2-4,7H,5-6H2,1H3,(H,11,15). The summed E-state index contributed by atoms with van der Waals surface area (Å²) in [5, 5.41) is 6.41. The predicted octanol–water partition coefficient (Wildman–Crippen LogP) is -0.509. The molecule has 0 fully saturated rings. The van der Waals surface area contributed by atoms with Crippen molar-refractivity contribution in [3.05, 3.63) is 41.0 Å². The van der Waals surface area contributed by atoms with E-state index in [1.54, 1.807) is 19.2 Å². The van der Waals surface area contributed by atoms with Crippen LogP contribution in [0.1, 0.15) is 5.76 Å². The van der Waals surface area contributed by atoms with Crippen molar-refractivity contribution in [1.82, 2.24) is 19.7 Å². The largest absolute Gasteiger partial charge is 0.467 e. The highest BCUT2D eigenvalue weighted by Crippen LogP contribution is 1.98. The molecule has 0 aromatic carbocycles. The van der Waals surface area contributed by atoms with Crippen LogP contribution in [0.3, 0.4) is 0 Å². The lowest BCUT2D eigenvalue weighted by Crippen LogP contribution is -2.32. The number of nitrogens with one attached hydrogen (secondary N) is 1. The van der Waals surface area contributed by atoms with E-state index in [2.05, 4.69) is 10.4 Å². The number of carbonyl (C=O) groups is 1. The van der Waals surface area contributed by atoms with E-state index in [9.17, 15) is 9.59 Å². The van der Waals surface area contributed by atoms with Gasteiger partial charge in [-0.05, 0) is 12.1 Å². The van der Waals surface area contributed by atoms with E-state index >= 15 is 0 Å². The lowest BCUT2D eigenvalue weighted by molar-refractivity contribution is -0.122. The lowest BCUT2D eigenvalue weighted by Gasteiger charge is -2.02. The lowest BCUT2D eigenvalue weighted by atomic mass is 10.4. The Kier molecular flexibility index (Phi) is 3.08. The fourth-order valence-electron chi connectivity index (χ4n) is 1.32. The molecule has 0 aliphatic rings. The van der Waals surface area contributed by atoms with E-state index in [0.717, 1.165) is 4.68 Å². The second kappa shape index (κ2) is 4.69. The van der Waals surface area contributed by atoms with Gasteiger partial charge in [-0.1, -0.05) is 0 Å². The maximum absolute atomic E-state index is 11.5. The van der Waals surface area contributed by atoms with Gasteiger partial charge in [0.25, 0.3) is 0 Å². The van der Waals surface area contributed by atoms with Crippen LogP contribution >= 0.6 is 0 Å². The Morgan fingerprint density at radius 3 is 3.00 bits per heavy atom. The zero-order valence-corrected chi connectivity index (χ0v) is 9.29. The Morgan fingerprint density at radius 2 is 2.41 bits per heavy atom. The molecule has 0 saturated carbocycles. The van der Waals surface area contributed by atoms with Crippen molar-refractivity contribution in [2.24, 2.45) is 7.05 Å². The average molecular weight is 236 g/mol. The van der Waals surface area contributed by atoms with Gasteiger partial charge in [0, 0.05) is 7.05 Å². The van der Waals surface area contributed by atoms with E-state index < -0.39 is 0 Å². The molecule has 1 amide bonds. The number of hydrogen-bond acceptors (Lipinski definition) is 4. The van der Waals surface area contributed by atoms with Crippen LogP contribution in [0.5, 0.6) is 0 Å². The van der Waals surface area contributed by atoms with Crippen molar-refractivity contribution >= 4 is 5.91 Å². The summed E-state index contributed by atoms with van der Waals surface area (Å²) in [6.45, 7) is 0.202. The van der Waals surface area contributed by atoms with E-state index in [0.29, 0.717) is 12.3 Å². The number of aryl methyl sites for hydroxylation is 1. The van der Waals surface area contributed by atoms with E-state index in [1.807, 2.05) is 0 Å². The van der Waals surface area contributed by atoms with Gasteiger partial charge in [0.1, 0.15) is 18.6 Å². The molecular formula is C10H12N4O3. The smallest absolute Gasteiger partial charge is 0.345 e. The molecule has 90 valence electrons. The first-order valence-corrected chi connectivity index (χ1v) is 5.04. The average Bonchev–Trinajstić information content (AvgIpc) is 2.92. The second-order valence-electron chi connectivity index (χ2n) is 3.54. The third kappa shape index (κ3) is 2.63. The zero-order valence-electron chi connectivity index (χ0n) is 9.29. The molecule has 0 unspecified atom stereocenters. The minimum absolute atomic E-state index is 0.0968. The Balaban J connectivity index is 1.89. The van der Waals surface area contributed by atoms with Crippen LogP contribution in [-0.2, 0) is 24.9 Å². The normalized spacial score (nSPS) is 10.4. The molecule has 0 aliphatic heterocycles. The maximum Gasteiger partial charge on any atom is 0.345 e. The Labute approximate surface area is 96.7 Å². The predicted molar refractivity (Wildman–Crippen MR) is 58.0 cm³/mol. The molecule has 0 aliphatic carbocycles. The van der Waals surface area contributed by atoms with Gasteiger partial charge >= 0.3 is 5.69 Å². The molecule has 1 N–H and O–H groups in total. The molecule has 7 heteroatoms. The van der Waals surface area contributed by atoms with Crippen LogP contribution in [0.4, 0.5) is 0 Å². The Bertz CT molecular complexity index is 552. The Morgan fingerprint density at radius 1 is 1.59 bits per heavy atom. The number of rotatable bonds is 4. The number of nitrogens with zero attached hydrogens (tertiary/aromatic N) is 3. The van der Waals surface area contributed by atoms with Gasteiger partial charge in [0.15, 0.2) is 0 Å². The molecule has 0 bridgehead atoms. The molecule has 2 aromatic rings. The number of hydrogen-bond donors (Lipinski definition) is 1. The third-order valence-electron chi connectivity index (χ3n) is 2.22. The summed E-state index contributed by atoms with van der Waals surface area (Å²) in [4.78, 5) is 22.9. The number of furan rings is 1. The number of aromatic nitrogens is 3. The maximum atomic E-state index is 11.5. The highest BCUT2D eigenvalue weighted by molar-refractivity contribution is 5.75. The molecule has 2 aromatic heterocycles. The van der Waals surface area contributed by atoms with E-state index in [-0.39, 0.29) is 18.1 Å². The van der Waals surface area contributed by atoms with Crippen LogP contribution < -0.4 is 11.0 Å². The molecule has 2 heterocycles. The summed E-state index contributed by atoms with van der Waals surface area (Å²) < 4.78 is 7.46. The minimum atomic E-state index is -0.321. The van der Waals surface area contributed by atoms with Crippen LogP contribution in [0.2, 0.25) is 0 Å². The van der Waals surface area contributed by atoms with Crippen LogP contribution in [0.25, 0.3) is 0 Å². The summed E-state index contributed by atoms with van der Waals surface area (Å²) in [5.74, 6) is 0.369. The van der Waals surface area contributed by atoms with Gasteiger partial charge in [0.05, 0.1) is 12.8 Å². The molecule has 7 nitrogen and oxygen atoms in total. The first-order chi connectivity index (χ1) is 8.16. The number of carbonyl (C=O) groups excluding carboxylic acids is 1. The van der Waals surface area contributed by atoms with Gasteiger partial charge < -0.3 is 9.73 Å². The van der Waals surface area contributed by atoms with Gasteiger partial charge in [-0.2, -0.15) is 5.10 Å². The minimum Gasteiger partial charge on any atom is -0.467 e. The van der Waals surface area contributed by atoms with Crippen molar-refractivity contribution in [3.63, 3.8) is 0 Å². The molecule has 0 atom stereocenters. The zero-order chi connectivity index (χ0) is 12.3. The first kappa shape index (κ1) is 11.2. The third-order valence-corrected chi connectivity index (χ3v) is 2.22. The monoisotopic (exact) mass is 236 g/mol. The van der Waals surface area contributed by atoms with E-state index in [1.165, 1.54) is 17.2 Å². The molecule has 0 radical (unpaired) electrons. The second-order valence-corrected chi connectivity index (χ2v) is 3.54. The van der Waals surface area contributed by atoms with Crippen molar-refractivity contribution < 1.29 is 9.21 Å². The van der Waals surface area contributed by atoms with Crippen molar-refractivity contribution in [1.29, 1.82) is 0 Å². The molecule has 2 rings (SSSR count). The van der Waals surface area contributed by atoms with Gasteiger partial charge in [-0.15, -0.1) is 0 Å². The summed E-state index contributed by atoms with van der Waals surface area (Å²) in [6.07, 6.45) is 2.90. The van der Waals surface area contributed by atoms with Crippen molar-refractivity contribution in [2.75, 3.05) is 0 Å². The van der Waals surface area contributed by atoms with Gasteiger partial charge in [-0.25, -0.2) is 9.48 Å². The number of amides is 1. The molecule has 0 spiro atoms.